The van der Waals surface area contributed by atoms with E-state index in [9.17, 15) is 14.9 Å². The Morgan fingerprint density at radius 1 is 1.20 bits per heavy atom. The summed E-state index contributed by atoms with van der Waals surface area (Å²) in [7, 11) is 1.57. The van der Waals surface area contributed by atoms with Crippen LogP contribution in [-0.2, 0) is 16.1 Å². The van der Waals surface area contributed by atoms with Crippen LogP contribution in [0.5, 0.6) is 5.75 Å². The number of esters is 1. The molecule has 0 aliphatic carbocycles. The molecule has 35 heavy (non-hydrogen) atoms. The molecule has 0 radical (unpaired) electrons. The third kappa shape index (κ3) is 4.73. The molecule has 0 aliphatic rings. The molecule has 9 nitrogen and oxygen atoms in total. The van der Waals surface area contributed by atoms with E-state index in [1.807, 2.05) is 19.9 Å². The van der Waals surface area contributed by atoms with Gasteiger partial charge in [-0.3, -0.25) is 9.78 Å². The summed E-state index contributed by atoms with van der Waals surface area (Å²) in [6, 6.07) is 12.7. The average molecular weight is 473 g/mol. The van der Waals surface area contributed by atoms with Gasteiger partial charge >= 0.3 is 5.97 Å². The minimum atomic E-state index is -0.665. The summed E-state index contributed by atoms with van der Waals surface area (Å²) in [5.74, 6) is 0.435. The van der Waals surface area contributed by atoms with Gasteiger partial charge in [-0.1, -0.05) is 0 Å². The van der Waals surface area contributed by atoms with Crippen molar-refractivity contribution < 1.29 is 23.5 Å². The SMILES string of the molecule is COc1ccc2cc(C(=O)OCC(=O)Nc3c(C#N)c(C)c(C)n3Cc3ccco3)c(C)nc2c1. The highest BCUT2D eigenvalue weighted by Gasteiger charge is 2.21. The molecule has 178 valence electrons. The molecule has 4 aromatic rings. The number of aryl methyl sites for hydroxylation is 1. The Hall–Kier alpha value is -4.58. The predicted molar refractivity (Wildman–Crippen MR) is 128 cm³/mol. The minimum absolute atomic E-state index is 0.265. The number of benzene rings is 1. The fraction of sp³-hybridized carbons (Fsp3) is 0.231. The maximum atomic E-state index is 12.7. The Bertz CT molecular complexity index is 1460. The zero-order valence-corrected chi connectivity index (χ0v) is 19.8. The zero-order valence-electron chi connectivity index (χ0n) is 19.8. The second-order valence-corrected chi connectivity index (χ2v) is 8.02. The molecule has 1 aromatic carbocycles. The molecule has 0 saturated heterocycles. The topological polar surface area (TPSA) is 119 Å². The number of nitrogens with one attached hydrogen (secondary N) is 1. The van der Waals surface area contributed by atoms with Gasteiger partial charge in [0, 0.05) is 17.1 Å². The van der Waals surface area contributed by atoms with Crippen molar-refractivity contribution >= 4 is 28.6 Å². The minimum Gasteiger partial charge on any atom is -0.497 e. The maximum absolute atomic E-state index is 12.7. The number of hydrogen-bond donors (Lipinski definition) is 1. The number of ether oxygens (including phenoxy) is 2. The number of fused-ring (bicyclic) bond motifs is 1. The van der Waals surface area contributed by atoms with Gasteiger partial charge in [0.05, 0.1) is 42.3 Å². The van der Waals surface area contributed by atoms with Gasteiger partial charge < -0.3 is 23.8 Å². The highest BCUT2D eigenvalue weighted by Crippen LogP contribution is 2.27. The Balaban J connectivity index is 1.50. The van der Waals surface area contributed by atoms with Crippen molar-refractivity contribution in [2.24, 2.45) is 0 Å². The van der Waals surface area contributed by atoms with Gasteiger partial charge in [0.2, 0.25) is 0 Å². The summed E-state index contributed by atoms with van der Waals surface area (Å²) >= 11 is 0. The Kier molecular flexibility index (Phi) is 6.55. The second kappa shape index (κ2) is 9.73. The maximum Gasteiger partial charge on any atom is 0.340 e. The van der Waals surface area contributed by atoms with Crippen LogP contribution in [0, 0.1) is 32.1 Å². The summed E-state index contributed by atoms with van der Waals surface area (Å²) in [4.78, 5) is 29.9. The van der Waals surface area contributed by atoms with E-state index in [1.54, 1.807) is 55.2 Å². The molecule has 4 rings (SSSR count). The third-order valence-electron chi connectivity index (χ3n) is 5.86. The lowest BCUT2D eigenvalue weighted by molar-refractivity contribution is -0.119. The molecule has 0 saturated carbocycles. The summed E-state index contributed by atoms with van der Waals surface area (Å²) < 4.78 is 17.7. The van der Waals surface area contributed by atoms with Crippen LogP contribution >= 0.6 is 0 Å². The first kappa shape index (κ1) is 23.6. The Morgan fingerprint density at radius 2 is 2.00 bits per heavy atom. The molecule has 3 heterocycles. The van der Waals surface area contributed by atoms with Crippen LogP contribution in [0.25, 0.3) is 10.9 Å². The van der Waals surface area contributed by atoms with Crippen LogP contribution < -0.4 is 10.1 Å². The van der Waals surface area contributed by atoms with Gasteiger partial charge in [-0.15, -0.1) is 0 Å². The van der Waals surface area contributed by atoms with Gasteiger partial charge in [-0.05, 0) is 56.7 Å². The van der Waals surface area contributed by atoms with Crippen molar-refractivity contribution in [1.29, 1.82) is 5.26 Å². The van der Waals surface area contributed by atoms with Crippen LogP contribution in [0.2, 0.25) is 0 Å². The molecule has 3 aromatic heterocycles. The highest BCUT2D eigenvalue weighted by atomic mass is 16.5. The van der Waals surface area contributed by atoms with Crippen LogP contribution in [0.1, 0.15) is 38.6 Å². The van der Waals surface area contributed by atoms with Crippen molar-refractivity contribution in [2.75, 3.05) is 19.0 Å². The molecule has 0 aliphatic heterocycles. The highest BCUT2D eigenvalue weighted by molar-refractivity contribution is 5.98. The molecular formula is C26H24N4O5. The number of nitrogens with zero attached hydrogens (tertiary/aromatic N) is 3. The standard InChI is InChI=1S/C26H24N4O5/c1-15-17(3)30(13-20-6-5-9-34-20)25(22(15)12-27)29-24(31)14-35-26(32)21-10-18-7-8-19(33-4)11-23(18)28-16(21)2/h5-11H,13-14H2,1-4H3,(H,29,31). The number of amides is 1. The predicted octanol–water partition coefficient (Wildman–Crippen LogP) is 4.28. The third-order valence-corrected chi connectivity index (χ3v) is 5.86. The van der Waals surface area contributed by atoms with Gasteiger partial charge in [0.15, 0.2) is 6.61 Å². The smallest absolute Gasteiger partial charge is 0.340 e. The zero-order chi connectivity index (χ0) is 25.1. The van der Waals surface area contributed by atoms with Crippen LogP contribution in [-0.4, -0.2) is 35.1 Å². The van der Waals surface area contributed by atoms with Crippen LogP contribution in [0.4, 0.5) is 5.82 Å². The van der Waals surface area contributed by atoms with E-state index in [-0.39, 0.29) is 5.56 Å². The van der Waals surface area contributed by atoms with E-state index in [0.29, 0.717) is 40.6 Å². The van der Waals surface area contributed by atoms with E-state index < -0.39 is 18.5 Å². The molecular weight excluding hydrogens is 448 g/mol. The van der Waals surface area contributed by atoms with Gasteiger partial charge in [0.1, 0.15) is 23.4 Å². The van der Waals surface area contributed by atoms with Crippen LogP contribution in [0.15, 0.2) is 47.1 Å². The summed E-state index contributed by atoms with van der Waals surface area (Å²) in [6.07, 6.45) is 1.56. The van der Waals surface area contributed by atoms with E-state index in [0.717, 1.165) is 16.6 Å². The lowest BCUT2D eigenvalue weighted by atomic mass is 10.1. The Labute approximate surface area is 201 Å². The fourth-order valence-corrected chi connectivity index (χ4v) is 3.84. The number of carbonyl (C=O) groups is 2. The molecule has 0 bridgehead atoms. The van der Waals surface area contributed by atoms with E-state index >= 15 is 0 Å². The fourth-order valence-electron chi connectivity index (χ4n) is 3.84. The first-order valence-electron chi connectivity index (χ1n) is 10.9. The quantitative estimate of drug-likeness (QED) is 0.399. The van der Waals surface area contributed by atoms with Crippen molar-refractivity contribution in [3.8, 4) is 11.8 Å². The first-order valence-corrected chi connectivity index (χ1v) is 10.9. The number of furan rings is 1. The normalized spacial score (nSPS) is 10.7. The van der Waals surface area contributed by atoms with E-state index in [1.165, 1.54) is 0 Å². The van der Waals surface area contributed by atoms with E-state index in [4.69, 9.17) is 13.9 Å². The summed E-state index contributed by atoms with van der Waals surface area (Å²) in [5.41, 5.74) is 3.34. The van der Waals surface area contributed by atoms with Crippen molar-refractivity contribution in [1.82, 2.24) is 9.55 Å². The average Bonchev–Trinajstić information content (AvgIpc) is 3.44. The van der Waals surface area contributed by atoms with Crippen molar-refractivity contribution in [2.45, 2.75) is 27.3 Å². The lowest BCUT2D eigenvalue weighted by Crippen LogP contribution is -2.23. The molecule has 1 amide bonds. The number of aromatic nitrogens is 2. The lowest BCUT2D eigenvalue weighted by Gasteiger charge is -2.12. The number of methoxy groups -OCH3 is 1. The molecule has 0 atom stereocenters. The van der Waals surface area contributed by atoms with Crippen molar-refractivity contribution in [3.05, 3.63) is 76.5 Å². The monoisotopic (exact) mass is 472 g/mol. The van der Waals surface area contributed by atoms with Crippen LogP contribution in [0.3, 0.4) is 0 Å². The second-order valence-electron chi connectivity index (χ2n) is 8.02. The summed E-state index contributed by atoms with van der Waals surface area (Å²) in [6.45, 7) is 5.19. The first-order chi connectivity index (χ1) is 16.8. The number of rotatable bonds is 7. The number of hydrogen-bond acceptors (Lipinski definition) is 7. The molecule has 0 spiro atoms. The number of anilines is 1. The van der Waals surface area contributed by atoms with Crippen molar-refractivity contribution in [3.63, 3.8) is 0 Å². The molecule has 0 fully saturated rings. The van der Waals surface area contributed by atoms with Gasteiger partial charge in [-0.25, -0.2) is 4.79 Å². The molecule has 9 heteroatoms. The number of carbonyl (C=O) groups excluding carboxylic acids is 2. The number of nitriles is 1. The Morgan fingerprint density at radius 3 is 2.69 bits per heavy atom. The number of pyridine rings is 1. The van der Waals surface area contributed by atoms with Gasteiger partial charge in [-0.2, -0.15) is 5.26 Å². The van der Waals surface area contributed by atoms with E-state index in [2.05, 4.69) is 16.4 Å². The molecule has 0 unspecified atom stereocenters. The largest absolute Gasteiger partial charge is 0.497 e. The van der Waals surface area contributed by atoms with Gasteiger partial charge in [0.25, 0.3) is 5.91 Å². The summed E-state index contributed by atoms with van der Waals surface area (Å²) in [5, 5.41) is 13.1. The molecule has 1 N–H and O–H groups in total.